The van der Waals surface area contributed by atoms with Gasteiger partial charge in [-0.05, 0) is 50.5 Å². The van der Waals surface area contributed by atoms with Crippen molar-refractivity contribution in [3.8, 4) is 5.75 Å². The maximum Gasteiger partial charge on any atom is 0.516 e. The van der Waals surface area contributed by atoms with Crippen molar-refractivity contribution < 1.29 is 33.3 Å². The fraction of sp³-hybridized carbons (Fsp3) is 0.348. The molecule has 1 atom stereocenters. The number of nitrogens with one attached hydrogen (secondary N) is 1. The van der Waals surface area contributed by atoms with E-state index in [1.54, 1.807) is 63.2 Å². The number of ether oxygens (including phenoxy) is 4. The Kier molecular flexibility index (Phi) is 8.60. The van der Waals surface area contributed by atoms with E-state index < -0.39 is 29.9 Å². The molecular formula is C23H28N2O7. The molecule has 0 aliphatic rings. The summed E-state index contributed by atoms with van der Waals surface area (Å²) in [6.07, 6.45) is -1.73. The zero-order valence-corrected chi connectivity index (χ0v) is 18.5. The standard InChI is InChI=1S/C23H28N2O7/c1-23(2,3)32-21(27)25-18-13-16(10-11-19(18)29-4)12-17(24)20(26)31-22(28)30-14-15-8-6-5-7-9-15/h5-11,13,17H,12,14,24H2,1-4H3,(H,25,27)/t17-/m0/s1. The van der Waals surface area contributed by atoms with E-state index in [0.29, 0.717) is 17.0 Å². The highest BCUT2D eigenvalue weighted by atomic mass is 16.7. The summed E-state index contributed by atoms with van der Waals surface area (Å²) >= 11 is 0. The highest BCUT2D eigenvalue weighted by molar-refractivity contribution is 5.88. The van der Waals surface area contributed by atoms with Gasteiger partial charge in [-0.1, -0.05) is 36.4 Å². The Labute approximate surface area is 186 Å². The lowest BCUT2D eigenvalue weighted by atomic mass is 10.1. The molecule has 0 aliphatic heterocycles. The van der Waals surface area contributed by atoms with Crippen molar-refractivity contribution in [3.63, 3.8) is 0 Å². The highest BCUT2D eigenvalue weighted by Crippen LogP contribution is 2.26. The predicted octanol–water partition coefficient (Wildman–Crippen LogP) is 3.79. The Hall–Kier alpha value is -3.59. The molecule has 0 spiro atoms. The molecular weight excluding hydrogens is 416 g/mol. The van der Waals surface area contributed by atoms with Crippen LogP contribution in [0.15, 0.2) is 48.5 Å². The molecule has 9 nitrogen and oxygen atoms in total. The second-order valence-corrected chi connectivity index (χ2v) is 7.92. The van der Waals surface area contributed by atoms with Crippen LogP contribution in [-0.2, 0) is 32.0 Å². The van der Waals surface area contributed by atoms with Gasteiger partial charge in [0.25, 0.3) is 0 Å². The summed E-state index contributed by atoms with van der Waals surface area (Å²) < 4.78 is 20.1. The molecule has 0 unspecified atom stereocenters. The van der Waals surface area contributed by atoms with Gasteiger partial charge in [0.2, 0.25) is 0 Å². The number of methoxy groups -OCH3 is 1. The van der Waals surface area contributed by atoms with E-state index >= 15 is 0 Å². The molecule has 0 heterocycles. The van der Waals surface area contributed by atoms with E-state index in [-0.39, 0.29) is 13.0 Å². The van der Waals surface area contributed by atoms with Gasteiger partial charge in [0.05, 0.1) is 12.8 Å². The summed E-state index contributed by atoms with van der Waals surface area (Å²) in [5, 5.41) is 2.61. The van der Waals surface area contributed by atoms with E-state index in [1.807, 2.05) is 6.07 Å². The van der Waals surface area contributed by atoms with Crippen LogP contribution in [0.1, 0.15) is 31.9 Å². The number of benzene rings is 2. The first-order valence-electron chi connectivity index (χ1n) is 9.92. The Morgan fingerprint density at radius 3 is 2.34 bits per heavy atom. The second kappa shape index (κ2) is 11.1. The molecule has 9 heteroatoms. The highest BCUT2D eigenvalue weighted by Gasteiger charge is 2.22. The van der Waals surface area contributed by atoms with Crippen LogP contribution < -0.4 is 15.8 Å². The zero-order chi connectivity index (χ0) is 23.7. The molecule has 0 fully saturated rings. The van der Waals surface area contributed by atoms with Crippen LogP contribution in [0, 0.1) is 0 Å². The van der Waals surface area contributed by atoms with Crippen LogP contribution >= 0.6 is 0 Å². The van der Waals surface area contributed by atoms with Gasteiger partial charge in [-0.2, -0.15) is 0 Å². The van der Waals surface area contributed by atoms with Crippen molar-refractivity contribution in [2.75, 3.05) is 12.4 Å². The Morgan fingerprint density at radius 2 is 1.72 bits per heavy atom. The molecule has 0 saturated carbocycles. The van der Waals surface area contributed by atoms with Crippen molar-refractivity contribution in [1.29, 1.82) is 0 Å². The molecule has 3 N–H and O–H groups in total. The molecule has 32 heavy (non-hydrogen) atoms. The lowest BCUT2D eigenvalue weighted by Crippen LogP contribution is -2.35. The number of carbonyl (C=O) groups excluding carboxylic acids is 3. The molecule has 0 radical (unpaired) electrons. The Bertz CT molecular complexity index is 939. The number of hydrogen-bond donors (Lipinski definition) is 2. The minimum Gasteiger partial charge on any atom is -0.495 e. The van der Waals surface area contributed by atoms with Gasteiger partial charge >= 0.3 is 18.2 Å². The SMILES string of the molecule is COc1ccc(C[C@H](N)C(=O)OC(=O)OCc2ccccc2)cc1NC(=O)OC(C)(C)C. The van der Waals surface area contributed by atoms with E-state index in [9.17, 15) is 14.4 Å². The van der Waals surface area contributed by atoms with Crippen molar-refractivity contribution in [2.24, 2.45) is 5.73 Å². The zero-order valence-electron chi connectivity index (χ0n) is 18.5. The van der Waals surface area contributed by atoms with Crippen molar-refractivity contribution in [1.82, 2.24) is 0 Å². The minimum absolute atomic E-state index is 0.0274. The lowest BCUT2D eigenvalue weighted by molar-refractivity contribution is -0.141. The summed E-state index contributed by atoms with van der Waals surface area (Å²) in [4.78, 5) is 36.0. The van der Waals surface area contributed by atoms with E-state index in [1.165, 1.54) is 7.11 Å². The Balaban J connectivity index is 1.94. The van der Waals surface area contributed by atoms with Crippen LogP contribution in [0.5, 0.6) is 5.75 Å². The third-order valence-electron chi connectivity index (χ3n) is 4.04. The van der Waals surface area contributed by atoms with Gasteiger partial charge in [-0.25, -0.2) is 14.4 Å². The second-order valence-electron chi connectivity index (χ2n) is 7.92. The van der Waals surface area contributed by atoms with Gasteiger partial charge in [0.15, 0.2) is 0 Å². The molecule has 2 aromatic carbocycles. The summed E-state index contributed by atoms with van der Waals surface area (Å²) in [7, 11) is 1.46. The van der Waals surface area contributed by atoms with Crippen LogP contribution in [0.4, 0.5) is 15.3 Å². The summed E-state index contributed by atoms with van der Waals surface area (Å²) in [5.41, 5.74) is 6.93. The molecule has 0 saturated heterocycles. The maximum atomic E-state index is 12.1. The quantitative estimate of drug-likeness (QED) is 0.488. The van der Waals surface area contributed by atoms with Crippen LogP contribution in [0.3, 0.4) is 0 Å². The van der Waals surface area contributed by atoms with Crippen LogP contribution in [0.2, 0.25) is 0 Å². The largest absolute Gasteiger partial charge is 0.516 e. The number of hydrogen-bond acceptors (Lipinski definition) is 8. The van der Waals surface area contributed by atoms with Gasteiger partial charge < -0.3 is 24.7 Å². The summed E-state index contributed by atoms with van der Waals surface area (Å²) in [6.45, 7) is 5.21. The first-order chi connectivity index (χ1) is 15.1. The van der Waals surface area contributed by atoms with Crippen LogP contribution in [0.25, 0.3) is 0 Å². The smallest absolute Gasteiger partial charge is 0.495 e. The van der Waals surface area contributed by atoms with Crippen LogP contribution in [-0.4, -0.2) is 37.0 Å². The van der Waals surface area contributed by atoms with Gasteiger partial charge in [0.1, 0.15) is 24.0 Å². The van der Waals surface area contributed by atoms with E-state index in [0.717, 1.165) is 5.56 Å². The van der Waals surface area contributed by atoms with Gasteiger partial charge in [-0.3, -0.25) is 5.32 Å². The summed E-state index contributed by atoms with van der Waals surface area (Å²) in [5.74, 6) is -0.527. The monoisotopic (exact) mass is 444 g/mol. The average Bonchev–Trinajstić information content (AvgIpc) is 2.71. The van der Waals surface area contributed by atoms with Gasteiger partial charge in [-0.15, -0.1) is 0 Å². The first kappa shape index (κ1) is 24.7. The van der Waals surface area contributed by atoms with Crippen molar-refractivity contribution in [3.05, 3.63) is 59.7 Å². The molecule has 2 rings (SSSR count). The number of anilines is 1. The maximum absolute atomic E-state index is 12.1. The number of nitrogens with two attached hydrogens (primary N) is 1. The van der Waals surface area contributed by atoms with Gasteiger partial charge in [0, 0.05) is 0 Å². The number of esters is 1. The lowest BCUT2D eigenvalue weighted by Gasteiger charge is -2.20. The minimum atomic E-state index is -1.13. The molecule has 0 aromatic heterocycles. The van der Waals surface area contributed by atoms with E-state index in [4.69, 9.17) is 19.9 Å². The topological polar surface area (TPSA) is 126 Å². The molecule has 1 amide bonds. The molecule has 172 valence electrons. The number of rotatable bonds is 7. The third kappa shape index (κ3) is 8.27. The number of amides is 1. The van der Waals surface area contributed by atoms with E-state index in [2.05, 4.69) is 10.1 Å². The van der Waals surface area contributed by atoms with Crippen molar-refractivity contribution in [2.45, 2.75) is 45.4 Å². The number of carbonyl (C=O) groups is 3. The molecule has 0 bridgehead atoms. The Morgan fingerprint density at radius 1 is 1.03 bits per heavy atom. The first-order valence-corrected chi connectivity index (χ1v) is 9.92. The summed E-state index contributed by atoms with van der Waals surface area (Å²) in [6, 6.07) is 12.7. The fourth-order valence-corrected chi connectivity index (χ4v) is 2.63. The third-order valence-corrected chi connectivity index (χ3v) is 4.04. The average molecular weight is 444 g/mol. The predicted molar refractivity (Wildman–Crippen MR) is 117 cm³/mol. The van der Waals surface area contributed by atoms with Crippen molar-refractivity contribution >= 4 is 23.9 Å². The normalized spacial score (nSPS) is 11.8. The molecule has 2 aromatic rings. The fourth-order valence-electron chi connectivity index (χ4n) is 2.63. The molecule has 0 aliphatic carbocycles.